The number of benzene rings is 1. The maximum Gasteiger partial charge on any atom is 0.337 e. The Balaban J connectivity index is 3.39. The number of rotatable bonds is 2. The molecule has 0 aliphatic carbocycles. The number of hydrogen-bond acceptors (Lipinski definition) is 3. The van der Waals surface area contributed by atoms with E-state index < -0.39 is 11.9 Å². The third kappa shape index (κ3) is 2.58. The van der Waals surface area contributed by atoms with Crippen LogP contribution in [0, 0.1) is 0 Å². The molecule has 0 fully saturated rings. The van der Waals surface area contributed by atoms with Gasteiger partial charge in [-0.25, -0.2) is 4.79 Å². The van der Waals surface area contributed by atoms with Gasteiger partial charge in [0.05, 0.1) is 15.6 Å². The van der Waals surface area contributed by atoms with Crippen LogP contribution >= 0.6 is 34.8 Å². The van der Waals surface area contributed by atoms with Crippen LogP contribution in [0.4, 0.5) is 0 Å². The molecule has 0 aliphatic heterocycles. The number of esters is 1. The van der Waals surface area contributed by atoms with Gasteiger partial charge in [0.1, 0.15) is 5.02 Å². The number of carboxylic acid groups (broad SMARTS) is 1. The Bertz CT molecular complexity index is 470. The van der Waals surface area contributed by atoms with Crippen molar-refractivity contribution >= 4 is 46.7 Å². The quantitative estimate of drug-likeness (QED) is 0.514. The largest absolute Gasteiger partial charge is 0.478 e. The molecular weight excluding hydrogens is 278 g/mol. The Hall–Kier alpha value is -0.970. The fraction of sp³-hybridized carbons (Fsp3) is 0.111. The van der Waals surface area contributed by atoms with Gasteiger partial charge in [0.2, 0.25) is 0 Å². The Labute approximate surface area is 106 Å². The number of ether oxygens (including phenoxy) is 1. The van der Waals surface area contributed by atoms with Crippen molar-refractivity contribution in [3.05, 3.63) is 26.7 Å². The van der Waals surface area contributed by atoms with E-state index >= 15 is 0 Å². The van der Waals surface area contributed by atoms with Gasteiger partial charge in [-0.1, -0.05) is 34.8 Å². The van der Waals surface area contributed by atoms with Gasteiger partial charge in [-0.2, -0.15) is 0 Å². The molecule has 0 heterocycles. The van der Waals surface area contributed by atoms with Crippen LogP contribution in [0.1, 0.15) is 17.3 Å². The molecule has 0 atom stereocenters. The predicted octanol–water partition coefficient (Wildman–Crippen LogP) is 3.27. The fourth-order valence-electron chi connectivity index (χ4n) is 0.971. The van der Waals surface area contributed by atoms with Crippen LogP contribution in [0.2, 0.25) is 15.1 Å². The molecule has 0 aromatic heterocycles. The second-order valence-electron chi connectivity index (χ2n) is 2.76. The van der Waals surface area contributed by atoms with E-state index in [4.69, 9.17) is 44.6 Å². The molecular formula is C9H5Cl3O4. The van der Waals surface area contributed by atoms with Gasteiger partial charge < -0.3 is 9.84 Å². The molecule has 16 heavy (non-hydrogen) atoms. The van der Waals surface area contributed by atoms with Crippen LogP contribution in [0.5, 0.6) is 5.75 Å². The monoisotopic (exact) mass is 282 g/mol. The number of carbonyl (C=O) groups excluding carboxylic acids is 1. The van der Waals surface area contributed by atoms with Crippen molar-refractivity contribution in [1.82, 2.24) is 0 Å². The molecule has 1 N–H and O–H groups in total. The summed E-state index contributed by atoms with van der Waals surface area (Å²) >= 11 is 17.1. The lowest BCUT2D eigenvalue weighted by molar-refractivity contribution is -0.131. The molecule has 1 rings (SSSR count). The summed E-state index contributed by atoms with van der Waals surface area (Å²) in [6.07, 6.45) is 0. The number of halogens is 3. The number of carbonyl (C=O) groups is 2. The fourth-order valence-corrected chi connectivity index (χ4v) is 1.73. The molecule has 1 aromatic carbocycles. The number of hydrogen-bond donors (Lipinski definition) is 1. The molecule has 0 unspecified atom stereocenters. The van der Waals surface area contributed by atoms with Crippen molar-refractivity contribution in [2.45, 2.75) is 6.92 Å². The SMILES string of the molecule is CC(=O)Oc1c(Cl)cc(C(=O)O)c(Cl)c1Cl. The summed E-state index contributed by atoms with van der Waals surface area (Å²) in [4.78, 5) is 21.5. The van der Waals surface area contributed by atoms with E-state index in [2.05, 4.69) is 0 Å². The molecule has 0 aliphatic rings. The first-order valence-electron chi connectivity index (χ1n) is 3.93. The molecule has 0 radical (unpaired) electrons. The third-order valence-electron chi connectivity index (χ3n) is 1.59. The van der Waals surface area contributed by atoms with Crippen molar-refractivity contribution in [3.63, 3.8) is 0 Å². The predicted molar refractivity (Wildman–Crippen MR) is 59.7 cm³/mol. The second-order valence-corrected chi connectivity index (χ2v) is 3.92. The van der Waals surface area contributed by atoms with Crippen molar-refractivity contribution in [1.29, 1.82) is 0 Å². The van der Waals surface area contributed by atoms with E-state index in [1.54, 1.807) is 0 Å². The summed E-state index contributed by atoms with van der Waals surface area (Å²) in [6.45, 7) is 1.16. The van der Waals surface area contributed by atoms with E-state index in [9.17, 15) is 9.59 Å². The second kappa shape index (κ2) is 4.91. The van der Waals surface area contributed by atoms with Gasteiger partial charge >= 0.3 is 11.9 Å². The first-order chi connectivity index (χ1) is 7.34. The van der Waals surface area contributed by atoms with Crippen LogP contribution in [0.25, 0.3) is 0 Å². The molecule has 4 nitrogen and oxygen atoms in total. The van der Waals surface area contributed by atoms with E-state index in [0.29, 0.717) is 0 Å². The molecule has 0 amide bonds. The van der Waals surface area contributed by atoms with Gasteiger partial charge in [0, 0.05) is 6.92 Å². The highest BCUT2D eigenvalue weighted by Gasteiger charge is 2.20. The first kappa shape index (κ1) is 13.1. The number of carboxylic acids is 1. The molecule has 86 valence electrons. The van der Waals surface area contributed by atoms with E-state index in [-0.39, 0.29) is 26.4 Å². The summed E-state index contributed by atoms with van der Waals surface area (Å²) in [5, 5.41) is 8.25. The Morgan fingerprint density at radius 2 is 1.81 bits per heavy atom. The minimum absolute atomic E-state index is 0.0954. The average Bonchev–Trinajstić information content (AvgIpc) is 2.17. The van der Waals surface area contributed by atoms with Crippen LogP contribution in [-0.4, -0.2) is 17.0 Å². The van der Waals surface area contributed by atoms with Crippen LogP contribution < -0.4 is 4.74 Å². The Morgan fingerprint density at radius 3 is 2.25 bits per heavy atom. The van der Waals surface area contributed by atoms with Gasteiger partial charge in [-0.05, 0) is 6.07 Å². The summed E-state index contributed by atoms with van der Waals surface area (Å²) < 4.78 is 4.71. The van der Waals surface area contributed by atoms with Gasteiger partial charge in [-0.3, -0.25) is 4.79 Å². The van der Waals surface area contributed by atoms with Crippen molar-refractivity contribution in [2.24, 2.45) is 0 Å². The molecule has 0 saturated carbocycles. The van der Waals surface area contributed by atoms with Crippen LogP contribution in [-0.2, 0) is 4.79 Å². The highest BCUT2D eigenvalue weighted by molar-refractivity contribution is 6.46. The highest BCUT2D eigenvalue weighted by atomic mass is 35.5. The first-order valence-corrected chi connectivity index (χ1v) is 5.07. The summed E-state index contributed by atoms with van der Waals surface area (Å²) in [7, 11) is 0. The Morgan fingerprint density at radius 1 is 1.25 bits per heavy atom. The van der Waals surface area contributed by atoms with Gasteiger partial charge in [0.15, 0.2) is 5.75 Å². The third-order valence-corrected chi connectivity index (χ3v) is 2.72. The lowest BCUT2D eigenvalue weighted by Gasteiger charge is -2.09. The standard InChI is InChI=1S/C9H5Cl3O4/c1-3(13)16-8-5(10)2-4(9(14)15)6(11)7(8)12/h2H,1H3,(H,14,15). The van der Waals surface area contributed by atoms with E-state index in [1.165, 1.54) is 0 Å². The number of aromatic carboxylic acids is 1. The van der Waals surface area contributed by atoms with Crippen LogP contribution in [0.15, 0.2) is 6.07 Å². The zero-order valence-electron chi connectivity index (χ0n) is 7.88. The van der Waals surface area contributed by atoms with Crippen LogP contribution in [0.3, 0.4) is 0 Å². The van der Waals surface area contributed by atoms with Crippen molar-refractivity contribution < 1.29 is 19.4 Å². The van der Waals surface area contributed by atoms with Gasteiger partial charge in [-0.15, -0.1) is 0 Å². The summed E-state index contributed by atoms with van der Waals surface area (Å²) in [6, 6.07) is 1.07. The maximum atomic E-state index is 10.8. The lowest BCUT2D eigenvalue weighted by Crippen LogP contribution is -2.05. The van der Waals surface area contributed by atoms with Gasteiger partial charge in [0.25, 0.3) is 0 Å². The van der Waals surface area contributed by atoms with E-state index in [0.717, 1.165) is 13.0 Å². The molecule has 0 saturated heterocycles. The topological polar surface area (TPSA) is 63.6 Å². The molecule has 1 aromatic rings. The molecule has 7 heteroatoms. The lowest BCUT2D eigenvalue weighted by atomic mass is 10.2. The molecule has 0 bridgehead atoms. The zero-order chi connectivity index (χ0) is 12.5. The summed E-state index contributed by atoms with van der Waals surface area (Å²) in [5.74, 6) is -2.06. The minimum atomic E-state index is -1.27. The minimum Gasteiger partial charge on any atom is -0.478 e. The van der Waals surface area contributed by atoms with E-state index in [1.807, 2.05) is 0 Å². The van der Waals surface area contributed by atoms with Crippen molar-refractivity contribution in [3.8, 4) is 5.75 Å². The molecule has 0 spiro atoms. The normalized spacial score (nSPS) is 10.0. The maximum absolute atomic E-state index is 10.8. The average molecular weight is 283 g/mol. The Kier molecular flexibility index (Phi) is 4.02. The smallest absolute Gasteiger partial charge is 0.337 e. The zero-order valence-corrected chi connectivity index (χ0v) is 10.2. The highest BCUT2D eigenvalue weighted by Crippen LogP contribution is 2.40. The van der Waals surface area contributed by atoms with Crippen molar-refractivity contribution in [2.75, 3.05) is 0 Å². The summed E-state index contributed by atoms with van der Waals surface area (Å²) in [5.41, 5.74) is -0.257.